The smallest absolute Gasteiger partial charge is 0.231 e. The van der Waals surface area contributed by atoms with E-state index < -0.39 is 0 Å². The van der Waals surface area contributed by atoms with Crippen LogP contribution in [0.1, 0.15) is 24.8 Å². The van der Waals surface area contributed by atoms with Crippen LogP contribution in [0.2, 0.25) is 0 Å². The maximum atomic E-state index is 14.1. The molecule has 0 aliphatic carbocycles. The SMILES string of the molecule is O=C(Cc1ccc2c(c1)OCO2)C[C@H]1CCCN(c2ccc(-c3ccccc3F)cc2)C1=O. The highest BCUT2D eigenvalue weighted by molar-refractivity contribution is 5.98. The van der Waals surface area contributed by atoms with Gasteiger partial charge in [-0.15, -0.1) is 0 Å². The topological polar surface area (TPSA) is 55.8 Å². The Balaban J connectivity index is 1.24. The second kappa shape index (κ2) is 9.06. The number of anilines is 1. The molecule has 0 saturated carbocycles. The fraction of sp³-hybridized carbons (Fsp3) is 0.259. The first-order chi connectivity index (χ1) is 16.1. The number of halogens is 1. The lowest BCUT2D eigenvalue weighted by Gasteiger charge is -2.32. The number of fused-ring (bicyclic) bond motifs is 1. The third-order valence-corrected chi connectivity index (χ3v) is 6.23. The van der Waals surface area contributed by atoms with Crippen LogP contribution >= 0.6 is 0 Å². The van der Waals surface area contributed by atoms with E-state index in [4.69, 9.17) is 9.47 Å². The molecular weight excluding hydrogens is 421 g/mol. The molecule has 168 valence electrons. The average Bonchev–Trinajstić information content (AvgIpc) is 3.29. The third-order valence-electron chi connectivity index (χ3n) is 6.23. The van der Waals surface area contributed by atoms with Gasteiger partial charge in [0.25, 0.3) is 0 Å². The number of piperidine rings is 1. The lowest BCUT2D eigenvalue weighted by atomic mass is 9.90. The van der Waals surface area contributed by atoms with Gasteiger partial charge in [-0.05, 0) is 54.3 Å². The van der Waals surface area contributed by atoms with Crippen molar-refractivity contribution in [3.05, 3.63) is 78.1 Å². The van der Waals surface area contributed by atoms with Gasteiger partial charge in [0, 0.05) is 36.6 Å². The summed E-state index contributed by atoms with van der Waals surface area (Å²) in [4.78, 5) is 27.6. The second-order valence-electron chi connectivity index (χ2n) is 8.46. The molecule has 2 heterocycles. The van der Waals surface area contributed by atoms with Crippen LogP contribution in [-0.2, 0) is 16.0 Å². The van der Waals surface area contributed by atoms with Crippen LogP contribution in [0.25, 0.3) is 11.1 Å². The number of carbonyl (C=O) groups is 2. The fourth-order valence-corrected chi connectivity index (χ4v) is 4.54. The van der Waals surface area contributed by atoms with Crippen molar-refractivity contribution in [3.63, 3.8) is 0 Å². The summed E-state index contributed by atoms with van der Waals surface area (Å²) in [7, 11) is 0. The van der Waals surface area contributed by atoms with E-state index in [2.05, 4.69) is 0 Å². The van der Waals surface area contributed by atoms with Crippen LogP contribution in [0, 0.1) is 11.7 Å². The first kappa shape index (κ1) is 21.2. The van der Waals surface area contributed by atoms with E-state index in [1.807, 2.05) is 42.5 Å². The van der Waals surface area contributed by atoms with Gasteiger partial charge in [-0.25, -0.2) is 4.39 Å². The molecular formula is C27H24FNO4. The molecule has 1 fully saturated rings. The van der Waals surface area contributed by atoms with Gasteiger partial charge < -0.3 is 14.4 Å². The first-order valence-electron chi connectivity index (χ1n) is 11.1. The molecule has 0 aromatic heterocycles. The highest BCUT2D eigenvalue weighted by Crippen LogP contribution is 2.33. The Morgan fingerprint density at radius 2 is 1.79 bits per heavy atom. The number of ether oxygens (including phenoxy) is 2. The molecule has 1 saturated heterocycles. The molecule has 2 aliphatic heterocycles. The number of Topliss-reactive ketones (excluding diaryl/α,β-unsaturated/α-hetero) is 1. The van der Waals surface area contributed by atoms with E-state index in [9.17, 15) is 14.0 Å². The van der Waals surface area contributed by atoms with Crippen molar-refractivity contribution in [2.75, 3.05) is 18.2 Å². The molecule has 1 amide bonds. The zero-order valence-electron chi connectivity index (χ0n) is 18.1. The molecule has 5 nitrogen and oxygen atoms in total. The van der Waals surface area contributed by atoms with Crippen LogP contribution < -0.4 is 14.4 Å². The van der Waals surface area contributed by atoms with E-state index in [0.29, 0.717) is 30.0 Å². The Morgan fingerprint density at radius 1 is 1.00 bits per heavy atom. The Morgan fingerprint density at radius 3 is 2.61 bits per heavy atom. The van der Waals surface area contributed by atoms with Gasteiger partial charge in [0.15, 0.2) is 11.5 Å². The summed E-state index contributed by atoms with van der Waals surface area (Å²) in [5.74, 6) is 0.735. The maximum absolute atomic E-state index is 14.1. The summed E-state index contributed by atoms with van der Waals surface area (Å²) in [5.41, 5.74) is 2.92. The van der Waals surface area contributed by atoms with Gasteiger partial charge in [0.05, 0.1) is 0 Å². The van der Waals surface area contributed by atoms with Crippen molar-refractivity contribution >= 4 is 17.4 Å². The first-order valence-corrected chi connectivity index (χ1v) is 11.1. The molecule has 0 unspecified atom stereocenters. The molecule has 3 aromatic rings. The summed E-state index contributed by atoms with van der Waals surface area (Å²) >= 11 is 0. The van der Waals surface area contributed by atoms with Crippen molar-refractivity contribution in [2.45, 2.75) is 25.7 Å². The second-order valence-corrected chi connectivity index (χ2v) is 8.46. The molecule has 2 aliphatic rings. The molecule has 0 spiro atoms. The predicted molar refractivity (Wildman–Crippen MR) is 123 cm³/mol. The number of rotatable bonds is 6. The minimum Gasteiger partial charge on any atom is -0.454 e. The summed E-state index contributed by atoms with van der Waals surface area (Å²) in [5, 5.41) is 0. The van der Waals surface area contributed by atoms with Crippen LogP contribution in [0.3, 0.4) is 0 Å². The fourth-order valence-electron chi connectivity index (χ4n) is 4.54. The van der Waals surface area contributed by atoms with Crippen LogP contribution in [0.4, 0.5) is 10.1 Å². The van der Waals surface area contributed by atoms with E-state index in [0.717, 1.165) is 23.2 Å². The number of hydrogen-bond acceptors (Lipinski definition) is 4. The molecule has 0 bridgehead atoms. The number of ketones is 1. The van der Waals surface area contributed by atoms with E-state index >= 15 is 0 Å². The molecule has 0 N–H and O–H groups in total. The highest BCUT2D eigenvalue weighted by atomic mass is 19.1. The van der Waals surface area contributed by atoms with E-state index in [1.165, 1.54) is 6.07 Å². The summed E-state index contributed by atoms with van der Waals surface area (Å²) < 4.78 is 24.8. The largest absolute Gasteiger partial charge is 0.454 e. The van der Waals surface area contributed by atoms with Crippen LogP contribution in [0.15, 0.2) is 66.7 Å². The van der Waals surface area contributed by atoms with Gasteiger partial charge >= 0.3 is 0 Å². The van der Waals surface area contributed by atoms with Gasteiger partial charge in [-0.3, -0.25) is 9.59 Å². The number of benzene rings is 3. The van der Waals surface area contributed by atoms with Gasteiger partial charge in [-0.1, -0.05) is 36.4 Å². The van der Waals surface area contributed by atoms with Gasteiger partial charge in [0.2, 0.25) is 12.7 Å². The monoisotopic (exact) mass is 445 g/mol. The molecule has 0 radical (unpaired) electrons. The third kappa shape index (κ3) is 4.46. The average molecular weight is 445 g/mol. The zero-order valence-corrected chi connectivity index (χ0v) is 18.1. The Bertz CT molecular complexity index is 1190. The van der Waals surface area contributed by atoms with Gasteiger partial charge in [-0.2, -0.15) is 0 Å². The number of amides is 1. The molecule has 3 aromatic carbocycles. The summed E-state index contributed by atoms with van der Waals surface area (Å²) in [6.07, 6.45) is 2.02. The molecule has 33 heavy (non-hydrogen) atoms. The number of nitrogens with zero attached hydrogens (tertiary/aromatic N) is 1. The Labute approximate surface area is 191 Å². The van der Waals surface area contributed by atoms with Crippen molar-refractivity contribution in [1.29, 1.82) is 0 Å². The Hall–Kier alpha value is -3.67. The van der Waals surface area contributed by atoms with Crippen LogP contribution in [0.5, 0.6) is 11.5 Å². The van der Waals surface area contributed by atoms with E-state index in [-0.39, 0.29) is 43.1 Å². The lowest BCUT2D eigenvalue weighted by Crippen LogP contribution is -2.42. The molecule has 6 heteroatoms. The quantitative estimate of drug-likeness (QED) is 0.526. The molecule has 5 rings (SSSR count). The van der Waals surface area contributed by atoms with Crippen molar-refractivity contribution in [2.24, 2.45) is 5.92 Å². The summed E-state index contributed by atoms with van der Waals surface area (Å²) in [6, 6.07) is 19.5. The van der Waals surface area contributed by atoms with E-state index in [1.54, 1.807) is 23.1 Å². The zero-order chi connectivity index (χ0) is 22.8. The van der Waals surface area contributed by atoms with Crippen molar-refractivity contribution in [3.8, 4) is 22.6 Å². The highest BCUT2D eigenvalue weighted by Gasteiger charge is 2.31. The van der Waals surface area contributed by atoms with Crippen molar-refractivity contribution in [1.82, 2.24) is 0 Å². The lowest BCUT2D eigenvalue weighted by molar-refractivity contribution is -0.128. The number of carbonyl (C=O) groups excluding carboxylic acids is 2. The van der Waals surface area contributed by atoms with Crippen molar-refractivity contribution < 1.29 is 23.5 Å². The minimum absolute atomic E-state index is 0.0288. The summed E-state index contributed by atoms with van der Waals surface area (Å²) in [6.45, 7) is 0.811. The predicted octanol–water partition coefficient (Wildman–Crippen LogP) is 5.17. The standard InChI is InChI=1S/C27H24FNO4/c28-24-6-2-1-5-23(24)19-8-10-21(11-9-19)29-13-3-4-20(27(29)31)16-22(30)14-18-7-12-25-26(15-18)33-17-32-25/h1-2,5-12,15,20H,3-4,13-14,16-17H2/t20-/m1/s1. The minimum atomic E-state index is -0.327. The van der Waals surface area contributed by atoms with Crippen LogP contribution in [-0.4, -0.2) is 25.0 Å². The number of hydrogen-bond donors (Lipinski definition) is 0. The van der Waals surface area contributed by atoms with Gasteiger partial charge in [0.1, 0.15) is 11.6 Å². The Kier molecular flexibility index (Phi) is 5.82. The maximum Gasteiger partial charge on any atom is 0.231 e. The normalized spacial score (nSPS) is 17.3. The molecule has 1 atom stereocenters.